The number of hydrogen-bond donors (Lipinski definition) is 2. The van der Waals surface area contributed by atoms with Crippen molar-refractivity contribution in [3.63, 3.8) is 0 Å². The van der Waals surface area contributed by atoms with E-state index in [1.165, 1.54) is 4.90 Å². The minimum absolute atomic E-state index is 0.0613. The van der Waals surface area contributed by atoms with Crippen LogP contribution in [0.5, 0.6) is 0 Å². The second kappa shape index (κ2) is 11.2. The van der Waals surface area contributed by atoms with Crippen molar-refractivity contribution in [2.45, 2.75) is 26.7 Å². The van der Waals surface area contributed by atoms with Crippen LogP contribution >= 0.6 is 0 Å². The highest BCUT2D eigenvalue weighted by atomic mass is 16.5. The summed E-state index contributed by atoms with van der Waals surface area (Å²) in [5.74, 6) is -0.779. The van der Waals surface area contributed by atoms with E-state index >= 15 is 0 Å². The van der Waals surface area contributed by atoms with E-state index in [1.54, 1.807) is 26.2 Å². The Hall–Kier alpha value is -2.41. The molecule has 0 heterocycles. The van der Waals surface area contributed by atoms with Crippen LogP contribution in [0.2, 0.25) is 0 Å². The SMILES string of the molecule is CCC(=O)N(CCCOC)CC(=O)NCC(=O)Nc1ccc(C)cc1. The number of nitrogens with zero attached hydrogens (tertiary/aromatic N) is 1. The zero-order valence-corrected chi connectivity index (χ0v) is 15.1. The van der Waals surface area contributed by atoms with Crippen LogP contribution in [0.15, 0.2) is 24.3 Å². The van der Waals surface area contributed by atoms with Crippen molar-refractivity contribution in [2.24, 2.45) is 0 Å². The molecule has 0 aliphatic rings. The lowest BCUT2D eigenvalue weighted by Crippen LogP contribution is -2.43. The Labute approximate surface area is 148 Å². The van der Waals surface area contributed by atoms with Crippen molar-refractivity contribution in [3.05, 3.63) is 29.8 Å². The first-order chi connectivity index (χ1) is 12.0. The molecule has 7 nitrogen and oxygen atoms in total. The van der Waals surface area contributed by atoms with Crippen molar-refractivity contribution < 1.29 is 19.1 Å². The van der Waals surface area contributed by atoms with Crippen LogP contribution in [0.25, 0.3) is 0 Å². The minimum atomic E-state index is -0.363. The molecule has 25 heavy (non-hydrogen) atoms. The summed E-state index contributed by atoms with van der Waals surface area (Å²) in [6, 6.07) is 7.38. The first-order valence-corrected chi connectivity index (χ1v) is 8.36. The van der Waals surface area contributed by atoms with Gasteiger partial charge in [0.2, 0.25) is 17.7 Å². The Morgan fingerprint density at radius 1 is 1.12 bits per heavy atom. The van der Waals surface area contributed by atoms with Crippen molar-refractivity contribution in [2.75, 3.05) is 38.7 Å². The lowest BCUT2D eigenvalue weighted by atomic mass is 10.2. The smallest absolute Gasteiger partial charge is 0.243 e. The van der Waals surface area contributed by atoms with Gasteiger partial charge in [-0.05, 0) is 25.5 Å². The van der Waals surface area contributed by atoms with Gasteiger partial charge in [-0.25, -0.2) is 0 Å². The van der Waals surface area contributed by atoms with Crippen LogP contribution in [-0.4, -0.2) is 56.0 Å². The van der Waals surface area contributed by atoms with Gasteiger partial charge in [-0.2, -0.15) is 0 Å². The number of anilines is 1. The molecule has 1 rings (SSSR count). The van der Waals surface area contributed by atoms with E-state index in [9.17, 15) is 14.4 Å². The van der Waals surface area contributed by atoms with Crippen LogP contribution in [0.4, 0.5) is 5.69 Å². The number of benzene rings is 1. The molecular formula is C18H27N3O4. The van der Waals surface area contributed by atoms with Gasteiger partial charge in [0, 0.05) is 32.4 Å². The number of rotatable bonds is 10. The molecule has 0 saturated carbocycles. The van der Waals surface area contributed by atoms with E-state index < -0.39 is 0 Å². The van der Waals surface area contributed by atoms with Crippen LogP contribution in [0.1, 0.15) is 25.3 Å². The molecule has 2 N–H and O–H groups in total. The standard InChI is InChI=1S/C18H27N3O4/c1-4-18(24)21(10-5-11-25-3)13-17(23)19-12-16(22)20-15-8-6-14(2)7-9-15/h6-9H,4-5,10-13H2,1-3H3,(H,19,23)(H,20,22). The molecule has 0 saturated heterocycles. The van der Waals surface area contributed by atoms with E-state index in [0.29, 0.717) is 31.7 Å². The van der Waals surface area contributed by atoms with E-state index in [2.05, 4.69) is 10.6 Å². The molecular weight excluding hydrogens is 322 g/mol. The number of carbonyl (C=O) groups excluding carboxylic acids is 3. The highest BCUT2D eigenvalue weighted by molar-refractivity contribution is 5.95. The third kappa shape index (κ3) is 8.30. The van der Waals surface area contributed by atoms with Crippen LogP contribution in [-0.2, 0) is 19.1 Å². The van der Waals surface area contributed by atoms with E-state index in [-0.39, 0.29) is 30.8 Å². The third-order valence-corrected chi connectivity index (χ3v) is 3.55. The summed E-state index contributed by atoms with van der Waals surface area (Å²) in [5.41, 5.74) is 1.77. The van der Waals surface area contributed by atoms with Gasteiger partial charge in [0.25, 0.3) is 0 Å². The molecule has 1 aromatic rings. The molecule has 0 radical (unpaired) electrons. The summed E-state index contributed by atoms with van der Waals surface area (Å²) in [6.45, 7) is 4.48. The van der Waals surface area contributed by atoms with Crippen molar-refractivity contribution in [3.8, 4) is 0 Å². The quantitative estimate of drug-likeness (QED) is 0.624. The molecule has 7 heteroatoms. The van der Waals surface area contributed by atoms with E-state index in [0.717, 1.165) is 5.56 Å². The summed E-state index contributed by atoms with van der Waals surface area (Å²) < 4.78 is 4.96. The molecule has 0 fully saturated rings. The maximum atomic E-state index is 12.0. The Bertz CT molecular complexity index is 572. The average molecular weight is 349 g/mol. The predicted molar refractivity (Wildman–Crippen MR) is 96.2 cm³/mol. The summed E-state index contributed by atoms with van der Waals surface area (Å²) in [7, 11) is 1.59. The molecule has 0 unspecified atom stereocenters. The molecule has 0 bridgehead atoms. The summed E-state index contributed by atoms with van der Waals surface area (Å²) >= 11 is 0. The number of methoxy groups -OCH3 is 1. The summed E-state index contributed by atoms with van der Waals surface area (Å²) in [5, 5.41) is 5.24. The van der Waals surface area contributed by atoms with Gasteiger partial charge in [0.15, 0.2) is 0 Å². The van der Waals surface area contributed by atoms with Gasteiger partial charge in [0.1, 0.15) is 0 Å². The normalized spacial score (nSPS) is 10.2. The fourth-order valence-corrected chi connectivity index (χ4v) is 2.17. The van der Waals surface area contributed by atoms with Crippen molar-refractivity contribution in [1.82, 2.24) is 10.2 Å². The molecule has 0 aliphatic heterocycles. The average Bonchev–Trinajstić information content (AvgIpc) is 2.60. The fourth-order valence-electron chi connectivity index (χ4n) is 2.17. The highest BCUT2D eigenvalue weighted by Gasteiger charge is 2.15. The second-order valence-electron chi connectivity index (χ2n) is 5.71. The lowest BCUT2D eigenvalue weighted by Gasteiger charge is -2.21. The number of ether oxygens (including phenoxy) is 1. The maximum absolute atomic E-state index is 12.0. The Balaban J connectivity index is 2.41. The van der Waals surface area contributed by atoms with Crippen LogP contribution in [0.3, 0.4) is 0 Å². The Morgan fingerprint density at radius 2 is 1.80 bits per heavy atom. The first kappa shape index (κ1) is 20.6. The van der Waals surface area contributed by atoms with Gasteiger partial charge in [-0.15, -0.1) is 0 Å². The number of hydrogen-bond acceptors (Lipinski definition) is 4. The molecule has 3 amide bonds. The molecule has 0 aromatic heterocycles. The number of carbonyl (C=O) groups is 3. The molecule has 138 valence electrons. The molecule has 1 aromatic carbocycles. The van der Waals surface area contributed by atoms with Gasteiger partial charge < -0.3 is 20.3 Å². The van der Waals surface area contributed by atoms with Crippen LogP contribution in [0, 0.1) is 6.92 Å². The van der Waals surface area contributed by atoms with E-state index in [4.69, 9.17) is 4.74 Å². The number of nitrogens with one attached hydrogen (secondary N) is 2. The first-order valence-electron chi connectivity index (χ1n) is 8.36. The zero-order chi connectivity index (χ0) is 18.7. The largest absolute Gasteiger partial charge is 0.385 e. The van der Waals surface area contributed by atoms with Crippen molar-refractivity contribution in [1.29, 1.82) is 0 Å². The maximum Gasteiger partial charge on any atom is 0.243 e. The number of aryl methyl sites for hydroxylation is 1. The Morgan fingerprint density at radius 3 is 2.40 bits per heavy atom. The monoisotopic (exact) mass is 349 g/mol. The second-order valence-corrected chi connectivity index (χ2v) is 5.71. The van der Waals surface area contributed by atoms with Crippen molar-refractivity contribution >= 4 is 23.4 Å². The highest BCUT2D eigenvalue weighted by Crippen LogP contribution is 2.07. The summed E-state index contributed by atoms with van der Waals surface area (Å²) in [6.07, 6.45) is 0.984. The lowest BCUT2D eigenvalue weighted by molar-refractivity contribution is -0.136. The summed E-state index contributed by atoms with van der Waals surface area (Å²) in [4.78, 5) is 37.2. The van der Waals surface area contributed by atoms with Gasteiger partial charge in [0.05, 0.1) is 13.1 Å². The molecule has 0 atom stereocenters. The van der Waals surface area contributed by atoms with E-state index in [1.807, 2.05) is 19.1 Å². The van der Waals surface area contributed by atoms with Crippen LogP contribution < -0.4 is 10.6 Å². The molecule has 0 spiro atoms. The Kier molecular flexibility index (Phi) is 9.24. The predicted octanol–water partition coefficient (Wildman–Crippen LogP) is 1.32. The van der Waals surface area contributed by atoms with Gasteiger partial charge in [-0.3, -0.25) is 14.4 Å². The van der Waals surface area contributed by atoms with Gasteiger partial charge in [-0.1, -0.05) is 24.6 Å². The fraction of sp³-hybridized carbons (Fsp3) is 0.500. The molecule has 0 aliphatic carbocycles. The van der Waals surface area contributed by atoms with Gasteiger partial charge >= 0.3 is 0 Å². The third-order valence-electron chi connectivity index (χ3n) is 3.55. The number of amides is 3. The minimum Gasteiger partial charge on any atom is -0.385 e. The topological polar surface area (TPSA) is 87.7 Å². The zero-order valence-electron chi connectivity index (χ0n) is 15.1.